The molecule has 0 spiro atoms. The van der Waals surface area contributed by atoms with Crippen LogP contribution in [0.15, 0.2) is 40.1 Å². The van der Waals surface area contributed by atoms with Gasteiger partial charge < -0.3 is 14.7 Å². The van der Waals surface area contributed by atoms with Gasteiger partial charge in [0.25, 0.3) is 5.91 Å². The summed E-state index contributed by atoms with van der Waals surface area (Å²) in [6, 6.07) is 1.41. The summed E-state index contributed by atoms with van der Waals surface area (Å²) in [4.78, 5) is 13.7. The number of hydrogen-bond acceptors (Lipinski definition) is 5. The number of aromatic nitrogens is 2. The Labute approximate surface area is 73.3 Å². The number of carbonyl (C=O) groups is 1. The van der Waals surface area contributed by atoms with Gasteiger partial charge in [0.05, 0.1) is 6.20 Å². The molecule has 2 N–H and O–H groups in total. The van der Waals surface area contributed by atoms with Crippen molar-refractivity contribution < 1.29 is 13.7 Å². The molecule has 0 saturated heterocycles. The maximum atomic E-state index is 10.2. The van der Waals surface area contributed by atoms with Crippen LogP contribution in [0.25, 0.3) is 0 Å². The summed E-state index contributed by atoms with van der Waals surface area (Å²) >= 11 is 0. The molecule has 0 unspecified atom stereocenters. The van der Waals surface area contributed by atoms with Crippen LogP contribution in [0.1, 0.15) is 10.5 Å². The van der Waals surface area contributed by atoms with Crippen LogP contribution in [0.4, 0.5) is 0 Å². The third-order valence-corrected chi connectivity index (χ3v) is 1.04. The molecule has 0 aliphatic rings. The lowest BCUT2D eigenvalue weighted by molar-refractivity contribution is 0.0991. The first-order valence-electron chi connectivity index (χ1n) is 3.33. The number of hydrogen-bond donors (Lipinski definition) is 1. The molecule has 68 valence electrons. The van der Waals surface area contributed by atoms with Gasteiger partial charge in [0.15, 0.2) is 12.1 Å². The maximum Gasteiger partial charge on any atom is 0.270 e. The molecule has 13 heavy (non-hydrogen) atoms. The fourth-order valence-electron chi connectivity index (χ4n) is 0.515. The second kappa shape index (κ2) is 4.70. The summed E-state index contributed by atoms with van der Waals surface area (Å²) in [5.41, 5.74) is 4.95. The molecule has 0 atom stereocenters. The number of nitrogens with zero attached hydrogens (tertiary/aromatic N) is 2. The molecule has 0 bridgehead atoms. The van der Waals surface area contributed by atoms with Crippen molar-refractivity contribution in [2.24, 2.45) is 5.73 Å². The molecule has 0 saturated carbocycles. The molecule has 2 heterocycles. The first-order valence-corrected chi connectivity index (χ1v) is 3.33. The van der Waals surface area contributed by atoms with E-state index in [0.29, 0.717) is 0 Å². The van der Waals surface area contributed by atoms with Crippen LogP contribution < -0.4 is 5.73 Å². The number of nitrogens with two attached hydrogens (primary N) is 1. The summed E-state index contributed by atoms with van der Waals surface area (Å²) < 4.78 is 8.80. The van der Waals surface area contributed by atoms with Gasteiger partial charge in [-0.15, -0.1) is 0 Å². The fraction of sp³-hybridized carbons (Fsp3) is 0. The van der Waals surface area contributed by atoms with Crippen molar-refractivity contribution in [2.45, 2.75) is 0 Å². The highest BCUT2D eigenvalue weighted by Crippen LogP contribution is 1.89. The zero-order valence-electron chi connectivity index (χ0n) is 6.58. The minimum absolute atomic E-state index is 0.157. The number of rotatable bonds is 1. The average molecular weight is 181 g/mol. The zero-order chi connectivity index (χ0) is 9.52. The van der Waals surface area contributed by atoms with E-state index in [1.165, 1.54) is 25.0 Å². The standard InChI is InChI=1S/C4H4N2O2.C3H3NO/c5-4(7)3-1-2-8-6-3;1-2-5-3-4-1/h1-2H,(H2,5,7);1-3H. The van der Waals surface area contributed by atoms with Crippen molar-refractivity contribution in [3.63, 3.8) is 0 Å². The van der Waals surface area contributed by atoms with E-state index in [4.69, 9.17) is 5.73 Å². The molecule has 2 aromatic heterocycles. The van der Waals surface area contributed by atoms with E-state index >= 15 is 0 Å². The molecule has 0 aliphatic heterocycles. The third kappa shape index (κ3) is 3.19. The molecular weight excluding hydrogens is 174 g/mol. The Hall–Kier alpha value is -2.11. The van der Waals surface area contributed by atoms with Crippen molar-refractivity contribution in [3.8, 4) is 0 Å². The van der Waals surface area contributed by atoms with Gasteiger partial charge in [-0.05, 0) is 0 Å². The predicted octanol–water partition coefficient (Wildman–Crippen LogP) is 0.448. The topological polar surface area (TPSA) is 95.2 Å². The van der Waals surface area contributed by atoms with Gasteiger partial charge in [0.1, 0.15) is 12.5 Å². The number of carbonyl (C=O) groups excluding carboxylic acids is 1. The Morgan fingerprint density at radius 2 is 2.31 bits per heavy atom. The monoisotopic (exact) mass is 181 g/mol. The highest BCUT2D eigenvalue weighted by Gasteiger charge is 2.00. The quantitative estimate of drug-likeness (QED) is 0.688. The van der Waals surface area contributed by atoms with E-state index < -0.39 is 5.91 Å². The largest absolute Gasteiger partial charge is 0.452 e. The predicted molar refractivity (Wildman–Crippen MR) is 41.5 cm³/mol. The molecule has 1 amide bonds. The number of primary amides is 1. The molecule has 0 aromatic carbocycles. The van der Waals surface area contributed by atoms with Crippen molar-refractivity contribution in [2.75, 3.05) is 0 Å². The van der Waals surface area contributed by atoms with Crippen LogP contribution in [0.2, 0.25) is 0 Å². The fourth-order valence-corrected chi connectivity index (χ4v) is 0.515. The SMILES string of the molecule is NC(=O)c1ccon1.c1cocn1. The van der Waals surface area contributed by atoms with Crippen molar-refractivity contribution >= 4 is 5.91 Å². The lowest BCUT2D eigenvalue weighted by atomic mass is 10.4. The van der Waals surface area contributed by atoms with E-state index in [-0.39, 0.29) is 5.69 Å². The van der Waals surface area contributed by atoms with Crippen LogP contribution in [-0.4, -0.2) is 16.0 Å². The van der Waals surface area contributed by atoms with Crippen LogP contribution in [-0.2, 0) is 0 Å². The van der Waals surface area contributed by atoms with Gasteiger partial charge in [-0.1, -0.05) is 5.16 Å². The zero-order valence-corrected chi connectivity index (χ0v) is 6.58. The smallest absolute Gasteiger partial charge is 0.270 e. The van der Waals surface area contributed by atoms with Crippen LogP contribution in [0.5, 0.6) is 0 Å². The minimum atomic E-state index is -0.571. The summed E-state index contributed by atoms with van der Waals surface area (Å²) in [7, 11) is 0. The molecule has 6 heteroatoms. The maximum absolute atomic E-state index is 10.2. The lowest BCUT2D eigenvalue weighted by Crippen LogP contribution is -2.10. The Bertz CT molecular complexity index is 311. The molecule has 0 aliphatic carbocycles. The third-order valence-electron chi connectivity index (χ3n) is 1.04. The Morgan fingerprint density at radius 3 is 2.54 bits per heavy atom. The Morgan fingerprint density at radius 1 is 1.46 bits per heavy atom. The van der Waals surface area contributed by atoms with Gasteiger partial charge in [-0.2, -0.15) is 0 Å². The van der Waals surface area contributed by atoms with E-state index in [1.807, 2.05) is 0 Å². The van der Waals surface area contributed by atoms with Crippen molar-refractivity contribution in [1.29, 1.82) is 0 Å². The molecule has 0 fully saturated rings. The molecule has 2 rings (SSSR count). The molecule has 0 radical (unpaired) electrons. The second-order valence-electron chi connectivity index (χ2n) is 1.92. The highest BCUT2D eigenvalue weighted by atomic mass is 16.5. The first kappa shape index (κ1) is 8.98. The summed E-state index contributed by atoms with van der Waals surface area (Å²) in [5.74, 6) is -0.571. The summed E-state index contributed by atoms with van der Waals surface area (Å²) in [5, 5.41) is 3.27. The minimum Gasteiger partial charge on any atom is -0.452 e. The normalized spacial score (nSPS) is 8.62. The second-order valence-corrected chi connectivity index (χ2v) is 1.92. The van der Waals surface area contributed by atoms with Crippen LogP contribution in [0.3, 0.4) is 0 Å². The first-order chi connectivity index (χ1) is 6.30. The summed E-state index contributed by atoms with van der Waals surface area (Å²) in [6.07, 6.45) is 5.76. The van der Waals surface area contributed by atoms with E-state index in [9.17, 15) is 4.79 Å². The van der Waals surface area contributed by atoms with Gasteiger partial charge in [-0.25, -0.2) is 4.98 Å². The molecular formula is C7H7N3O3. The van der Waals surface area contributed by atoms with E-state index in [1.54, 1.807) is 6.20 Å². The number of amides is 1. The Kier molecular flexibility index (Phi) is 3.25. The number of oxazole rings is 1. The highest BCUT2D eigenvalue weighted by molar-refractivity contribution is 5.90. The van der Waals surface area contributed by atoms with E-state index in [2.05, 4.69) is 19.1 Å². The van der Waals surface area contributed by atoms with Gasteiger partial charge >= 0.3 is 0 Å². The lowest BCUT2D eigenvalue weighted by Gasteiger charge is -1.77. The average Bonchev–Trinajstić information content (AvgIpc) is 2.82. The van der Waals surface area contributed by atoms with Crippen molar-refractivity contribution in [3.05, 3.63) is 36.9 Å². The van der Waals surface area contributed by atoms with Crippen LogP contribution in [0, 0.1) is 0 Å². The molecule has 6 nitrogen and oxygen atoms in total. The van der Waals surface area contributed by atoms with Crippen molar-refractivity contribution in [1.82, 2.24) is 10.1 Å². The van der Waals surface area contributed by atoms with Crippen LogP contribution >= 0.6 is 0 Å². The van der Waals surface area contributed by atoms with Gasteiger partial charge in [-0.3, -0.25) is 4.79 Å². The van der Waals surface area contributed by atoms with E-state index in [0.717, 1.165) is 0 Å². The Balaban J connectivity index is 0.000000145. The summed E-state index contributed by atoms with van der Waals surface area (Å²) in [6.45, 7) is 0. The van der Waals surface area contributed by atoms with Gasteiger partial charge in [0, 0.05) is 6.07 Å². The van der Waals surface area contributed by atoms with Gasteiger partial charge in [0.2, 0.25) is 0 Å². The molecule has 2 aromatic rings.